The summed E-state index contributed by atoms with van der Waals surface area (Å²) in [4.78, 5) is 11.2. The van der Waals surface area contributed by atoms with Crippen molar-refractivity contribution in [3.8, 4) is 0 Å². The predicted molar refractivity (Wildman–Crippen MR) is 60.5 cm³/mol. The summed E-state index contributed by atoms with van der Waals surface area (Å²) in [5.41, 5.74) is -2.22. The minimum atomic E-state index is -4.58. The zero-order valence-corrected chi connectivity index (χ0v) is 10.4. The van der Waals surface area contributed by atoms with Crippen molar-refractivity contribution in [2.45, 2.75) is 18.6 Å². The van der Waals surface area contributed by atoms with Crippen LogP contribution < -0.4 is 5.32 Å². The van der Waals surface area contributed by atoms with Crippen LogP contribution in [0.25, 0.3) is 0 Å². The van der Waals surface area contributed by atoms with Crippen molar-refractivity contribution in [2.75, 3.05) is 6.54 Å². The number of alkyl halides is 3. The summed E-state index contributed by atoms with van der Waals surface area (Å²) in [5, 5.41) is 10.7. The monoisotopic (exact) mass is 299 g/mol. The van der Waals surface area contributed by atoms with E-state index in [0.717, 1.165) is 25.1 Å². The van der Waals surface area contributed by atoms with Crippen LogP contribution in [0.4, 0.5) is 17.6 Å². The molecule has 106 valence electrons. The van der Waals surface area contributed by atoms with Crippen molar-refractivity contribution < 1.29 is 27.5 Å². The van der Waals surface area contributed by atoms with Gasteiger partial charge in [0.05, 0.1) is 6.54 Å². The second-order valence-corrected chi connectivity index (χ2v) is 4.43. The number of carbonyl (C=O) groups is 1. The van der Waals surface area contributed by atoms with Gasteiger partial charge in [-0.2, -0.15) is 13.2 Å². The summed E-state index contributed by atoms with van der Waals surface area (Å²) in [6.45, 7) is -0.482. The zero-order chi connectivity index (χ0) is 14.8. The lowest BCUT2D eigenvalue weighted by Gasteiger charge is -2.28. The molecule has 19 heavy (non-hydrogen) atoms. The van der Waals surface area contributed by atoms with Gasteiger partial charge < -0.3 is 5.11 Å². The molecule has 0 radical (unpaired) electrons. The molecule has 0 aromatic heterocycles. The molecule has 1 atom stereocenters. The molecule has 0 spiro atoms. The van der Waals surface area contributed by atoms with Gasteiger partial charge in [0.2, 0.25) is 0 Å². The topological polar surface area (TPSA) is 49.3 Å². The van der Waals surface area contributed by atoms with E-state index in [4.69, 9.17) is 16.7 Å². The van der Waals surface area contributed by atoms with Crippen molar-refractivity contribution in [3.63, 3.8) is 0 Å². The van der Waals surface area contributed by atoms with E-state index in [2.05, 4.69) is 0 Å². The summed E-state index contributed by atoms with van der Waals surface area (Å²) < 4.78 is 49.4. The third-order valence-corrected chi connectivity index (χ3v) is 2.85. The van der Waals surface area contributed by atoms with Crippen molar-refractivity contribution in [1.29, 1.82) is 0 Å². The Hall–Kier alpha value is -1.34. The Kier molecular flexibility index (Phi) is 4.42. The van der Waals surface area contributed by atoms with Gasteiger partial charge in [-0.1, -0.05) is 17.7 Å². The predicted octanol–water partition coefficient (Wildman–Crippen LogP) is 2.93. The number of halogens is 5. The molecular weight excluding hydrogens is 290 g/mol. The molecule has 1 aromatic rings. The summed E-state index contributed by atoms with van der Waals surface area (Å²) in [6.07, 6.45) is -4.58. The molecule has 0 heterocycles. The third-order valence-electron chi connectivity index (χ3n) is 2.54. The minimum absolute atomic E-state index is 0.146. The fourth-order valence-corrected chi connectivity index (χ4v) is 1.81. The maximum atomic E-state index is 12.9. The first-order chi connectivity index (χ1) is 8.56. The highest BCUT2D eigenvalue weighted by Gasteiger charge is 2.40. The van der Waals surface area contributed by atoms with Gasteiger partial charge in [-0.15, -0.1) is 0 Å². The first-order valence-electron chi connectivity index (χ1n) is 5.07. The molecule has 0 amide bonds. The van der Waals surface area contributed by atoms with E-state index in [-0.39, 0.29) is 10.6 Å². The molecule has 2 N–H and O–H groups in total. The van der Waals surface area contributed by atoms with Gasteiger partial charge in [-0.25, -0.2) is 9.18 Å². The second kappa shape index (κ2) is 5.34. The quantitative estimate of drug-likeness (QED) is 0.841. The molecule has 8 heteroatoms. The molecule has 0 fully saturated rings. The Morgan fingerprint density at radius 1 is 1.42 bits per heavy atom. The Balaban J connectivity index is 3.15. The van der Waals surface area contributed by atoms with Crippen LogP contribution in [0.3, 0.4) is 0 Å². The molecule has 0 saturated heterocycles. The Bertz CT molecular complexity index is 492. The molecule has 3 nitrogen and oxygen atoms in total. The summed E-state index contributed by atoms with van der Waals surface area (Å²) in [6, 6.07) is 2.81. The number of benzene rings is 1. The van der Waals surface area contributed by atoms with Crippen molar-refractivity contribution in [3.05, 3.63) is 34.6 Å². The van der Waals surface area contributed by atoms with E-state index in [0.29, 0.717) is 0 Å². The average Bonchev–Trinajstić information content (AvgIpc) is 2.24. The Morgan fingerprint density at radius 2 is 2.00 bits per heavy atom. The first kappa shape index (κ1) is 15.7. The number of rotatable bonds is 4. The lowest BCUT2D eigenvalue weighted by atomic mass is 9.92. The number of hydrogen-bond donors (Lipinski definition) is 2. The van der Waals surface area contributed by atoms with E-state index >= 15 is 0 Å². The van der Waals surface area contributed by atoms with Gasteiger partial charge in [0.1, 0.15) is 11.4 Å². The highest BCUT2D eigenvalue weighted by atomic mass is 35.5. The molecule has 1 rings (SSSR count). The van der Waals surface area contributed by atoms with Crippen LogP contribution >= 0.6 is 11.6 Å². The van der Waals surface area contributed by atoms with Gasteiger partial charge in [0, 0.05) is 10.6 Å². The van der Waals surface area contributed by atoms with Crippen molar-refractivity contribution >= 4 is 17.6 Å². The first-order valence-corrected chi connectivity index (χ1v) is 5.45. The lowest BCUT2D eigenvalue weighted by Crippen LogP contribution is -2.50. The smallest absolute Gasteiger partial charge is 0.401 e. The molecule has 0 aliphatic rings. The van der Waals surface area contributed by atoms with Gasteiger partial charge >= 0.3 is 12.1 Å². The van der Waals surface area contributed by atoms with Crippen molar-refractivity contribution in [1.82, 2.24) is 5.32 Å². The van der Waals surface area contributed by atoms with Crippen LogP contribution in [0, 0.1) is 5.82 Å². The van der Waals surface area contributed by atoms with E-state index in [9.17, 15) is 22.4 Å². The lowest BCUT2D eigenvalue weighted by molar-refractivity contribution is -0.150. The maximum Gasteiger partial charge on any atom is 0.401 e. The van der Waals surface area contributed by atoms with Crippen LogP contribution in [-0.4, -0.2) is 23.8 Å². The van der Waals surface area contributed by atoms with Gasteiger partial charge in [-0.3, -0.25) is 5.32 Å². The average molecular weight is 300 g/mol. The third kappa shape index (κ3) is 3.81. The van der Waals surface area contributed by atoms with Gasteiger partial charge in [0.15, 0.2) is 0 Å². The molecule has 0 saturated carbocycles. The largest absolute Gasteiger partial charge is 0.480 e. The zero-order valence-electron chi connectivity index (χ0n) is 9.68. The Morgan fingerprint density at radius 3 is 2.42 bits per heavy atom. The van der Waals surface area contributed by atoms with Gasteiger partial charge in [0.25, 0.3) is 0 Å². The fraction of sp³-hybridized carbons (Fsp3) is 0.364. The number of hydrogen-bond acceptors (Lipinski definition) is 2. The fourth-order valence-electron chi connectivity index (χ4n) is 1.46. The van der Waals surface area contributed by atoms with Crippen LogP contribution in [0.15, 0.2) is 18.2 Å². The molecule has 0 aliphatic carbocycles. The molecular formula is C11H10ClF4NO2. The van der Waals surface area contributed by atoms with Crippen LogP contribution in [0.2, 0.25) is 5.02 Å². The highest BCUT2D eigenvalue weighted by molar-refractivity contribution is 6.31. The SMILES string of the molecule is CC(NCC(F)(F)F)(C(=O)O)c1ccc(F)cc1Cl. The molecule has 0 aliphatic heterocycles. The number of carboxylic acids is 1. The summed E-state index contributed by atoms with van der Waals surface area (Å²) >= 11 is 5.68. The van der Waals surface area contributed by atoms with Crippen LogP contribution in [-0.2, 0) is 10.3 Å². The molecule has 1 aromatic carbocycles. The highest BCUT2D eigenvalue weighted by Crippen LogP contribution is 2.30. The normalized spacial score (nSPS) is 15.1. The van der Waals surface area contributed by atoms with Crippen LogP contribution in [0.5, 0.6) is 0 Å². The van der Waals surface area contributed by atoms with Crippen molar-refractivity contribution in [2.24, 2.45) is 0 Å². The van der Waals surface area contributed by atoms with E-state index in [1.165, 1.54) is 0 Å². The second-order valence-electron chi connectivity index (χ2n) is 4.02. The van der Waals surface area contributed by atoms with E-state index in [1.54, 1.807) is 0 Å². The number of nitrogens with one attached hydrogen (secondary N) is 1. The van der Waals surface area contributed by atoms with E-state index in [1.807, 2.05) is 5.32 Å². The van der Waals surface area contributed by atoms with E-state index < -0.39 is 30.0 Å². The standard InChI is InChI=1S/C11H10ClF4NO2/c1-10(9(18)19,17-5-11(14,15)16)7-3-2-6(13)4-8(7)12/h2-4,17H,5H2,1H3,(H,18,19). The van der Waals surface area contributed by atoms with Crippen LogP contribution in [0.1, 0.15) is 12.5 Å². The van der Waals surface area contributed by atoms with Gasteiger partial charge in [-0.05, 0) is 19.1 Å². The molecule has 0 bridgehead atoms. The number of aliphatic carboxylic acids is 1. The minimum Gasteiger partial charge on any atom is -0.480 e. The maximum absolute atomic E-state index is 12.9. The Labute approximate surface area is 111 Å². The molecule has 1 unspecified atom stereocenters. The summed E-state index contributed by atoms with van der Waals surface area (Å²) in [7, 11) is 0. The summed E-state index contributed by atoms with van der Waals surface area (Å²) in [5.74, 6) is -2.26. The number of carboxylic acid groups (broad SMARTS) is 1.